The molecule has 2 N–H and O–H groups in total. The van der Waals surface area contributed by atoms with Crippen molar-refractivity contribution in [2.24, 2.45) is 0 Å². The first-order chi connectivity index (χ1) is 15.5. The number of nitrogens with zero attached hydrogens (tertiary/aromatic N) is 1. The van der Waals surface area contributed by atoms with Crippen molar-refractivity contribution in [1.29, 1.82) is 0 Å². The number of amides is 2. The van der Waals surface area contributed by atoms with E-state index in [9.17, 15) is 9.59 Å². The number of halogens is 1. The van der Waals surface area contributed by atoms with Gasteiger partial charge in [-0.25, -0.2) is 4.79 Å². The van der Waals surface area contributed by atoms with E-state index in [1.165, 1.54) is 6.42 Å². The van der Waals surface area contributed by atoms with Crippen molar-refractivity contribution in [2.45, 2.75) is 51.6 Å². The van der Waals surface area contributed by atoms with E-state index in [2.05, 4.69) is 10.3 Å². The van der Waals surface area contributed by atoms with Gasteiger partial charge in [-0.2, -0.15) is 0 Å². The van der Waals surface area contributed by atoms with Gasteiger partial charge in [0.05, 0.1) is 13.2 Å². The van der Waals surface area contributed by atoms with E-state index in [0.717, 1.165) is 42.3 Å². The molecule has 6 nitrogen and oxygen atoms in total. The van der Waals surface area contributed by atoms with Gasteiger partial charge in [-0.15, -0.1) is 0 Å². The molecule has 1 saturated carbocycles. The molecule has 0 aliphatic heterocycles. The number of hydrogen-bond acceptors (Lipinski definition) is 3. The molecule has 4 rings (SSSR count). The predicted molar refractivity (Wildman–Crippen MR) is 129 cm³/mol. The van der Waals surface area contributed by atoms with E-state index in [4.69, 9.17) is 16.3 Å². The summed E-state index contributed by atoms with van der Waals surface area (Å²) in [5.74, 6) is 0.751. The molecule has 0 atom stereocenters. The summed E-state index contributed by atoms with van der Waals surface area (Å²) in [6, 6.07) is 14.4. The Labute approximate surface area is 192 Å². The maximum absolute atomic E-state index is 13.3. The smallest absolute Gasteiger partial charge is 0.322 e. The molecule has 0 spiro atoms. The Balaban J connectivity index is 1.63. The zero-order chi connectivity index (χ0) is 22.5. The molecule has 1 heterocycles. The van der Waals surface area contributed by atoms with E-state index >= 15 is 0 Å². The number of H-pyrrole nitrogens is 1. The van der Waals surface area contributed by atoms with E-state index in [1.807, 2.05) is 31.2 Å². The molecular weight excluding hydrogens is 426 g/mol. The number of rotatable bonds is 6. The molecule has 1 fully saturated rings. The van der Waals surface area contributed by atoms with Gasteiger partial charge >= 0.3 is 6.03 Å². The van der Waals surface area contributed by atoms with E-state index in [0.29, 0.717) is 22.9 Å². The molecule has 1 aliphatic carbocycles. The highest BCUT2D eigenvalue weighted by molar-refractivity contribution is 6.30. The third-order valence-electron chi connectivity index (χ3n) is 5.90. The monoisotopic (exact) mass is 453 g/mol. The number of urea groups is 1. The Bertz CT molecular complexity index is 1150. The van der Waals surface area contributed by atoms with E-state index in [-0.39, 0.29) is 24.2 Å². The number of carbonyl (C=O) groups is 1. The molecule has 32 heavy (non-hydrogen) atoms. The van der Waals surface area contributed by atoms with Gasteiger partial charge in [0.2, 0.25) is 0 Å². The summed E-state index contributed by atoms with van der Waals surface area (Å²) in [7, 11) is 0. The van der Waals surface area contributed by atoms with Crippen LogP contribution in [0.1, 0.15) is 44.6 Å². The first-order valence-corrected chi connectivity index (χ1v) is 11.5. The highest BCUT2D eigenvalue weighted by Crippen LogP contribution is 2.26. The van der Waals surface area contributed by atoms with Gasteiger partial charge in [0, 0.05) is 33.2 Å². The molecule has 3 aromatic rings. The standard InChI is InChI=1S/C25H28ClN3O3/c1-2-32-22-11-12-23-17(14-22)13-18(24(30)28-23)16-29(21-9-4-3-5-10-21)25(31)27-20-8-6-7-19(26)15-20/h6-8,11-15,21H,2-5,9-10,16H2,1H3,(H,27,31)(H,28,30). The quantitative estimate of drug-likeness (QED) is 0.484. The number of ether oxygens (including phenoxy) is 1. The third-order valence-corrected chi connectivity index (χ3v) is 6.13. The van der Waals surface area contributed by atoms with Crippen molar-refractivity contribution in [2.75, 3.05) is 11.9 Å². The molecule has 0 radical (unpaired) electrons. The fourth-order valence-electron chi connectivity index (χ4n) is 4.31. The summed E-state index contributed by atoms with van der Waals surface area (Å²) in [5, 5.41) is 4.39. The lowest BCUT2D eigenvalue weighted by molar-refractivity contribution is 0.162. The highest BCUT2D eigenvalue weighted by Gasteiger charge is 2.26. The fourth-order valence-corrected chi connectivity index (χ4v) is 4.50. The zero-order valence-electron chi connectivity index (χ0n) is 18.2. The maximum Gasteiger partial charge on any atom is 0.322 e. The third kappa shape index (κ3) is 5.25. The minimum Gasteiger partial charge on any atom is -0.494 e. The van der Waals surface area contributed by atoms with Crippen LogP contribution in [0.25, 0.3) is 10.9 Å². The second-order valence-corrected chi connectivity index (χ2v) is 8.60. The van der Waals surface area contributed by atoms with Crippen LogP contribution >= 0.6 is 11.6 Å². The number of pyridine rings is 1. The fraction of sp³-hybridized carbons (Fsp3) is 0.360. The minimum atomic E-state index is -0.221. The lowest BCUT2D eigenvalue weighted by Crippen LogP contribution is -2.44. The Morgan fingerprint density at radius 2 is 1.97 bits per heavy atom. The lowest BCUT2D eigenvalue weighted by atomic mass is 9.94. The Morgan fingerprint density at radius 1 is 1.16 bits per heavy atom. The lowest BCUT2D eigenvalue weighted by Gasteiger charge is -2.34. The normalized spacial score (nSPS) is 14.3. The second-order valence-electron chi connectivity index (χ2n) is 8.17. The summed E-state index contributed by atoms with van der Waals surface area (Å²) in [4.78, 5) is 30.8. The van der Waals surface area contributed by atoms with Gasteiger partial charge in [-0.1, -0.05) is 36.9 Å². The number of benzene rings is 2. The largest absolute Gasteiger partial charge is 0.494 e. The van der Waals surface area contributed by atoms with Crippen LogP contribution in [-0.2, 0) is 6.54 Å². The molecule has 2 amide bonds. The van der Waals surface area contributed by atoms with Crippen molar-refractivity contribution in [3.63, 3.8) is 0 Å². The molecule has 0 unspecified atom stereocenters. The topological polar surface area (TPSA) is 74.4 Å². The van der Waals surface area contributed by atoms with E-state index < -0.39 is 0 Å². The Morgan fingerprint density at radius 3 is 2.72 bits per heavy atom. The summed E-state index contributed by atoms with van der Waals surface area (Å²) >= 11 is 6.08. The van der Waals surface area contributed by atoms with Crippen LogP contribution in [0.15, 0.2) is 53.3 Å². The molecule has 7 heteroatoms. The molecule has 0 bridgehead atoms. The zero-order valence-corrected chi connectivity index (χ0v) is 19.0. The first kappa shape index (κ1) is 22.2. The van der Waals surface area contributed by atoms with Crippen LogP contribution in [0.3, 0.4) is 0 Å². The van der Waals surface area contributed by atoms with Gasteiger partial charge in [0.1, 0.15) is 5.75 Å². The number of hydrogen-bond donors (Lipinski definition) is 2. The molecule has 0 saturated heterocycles. The van der Waals surface area contributed by atoms with Crippen molar-refractivity contribution in [3.8, 4) is 5.75 Å². The average Bonchev–Trinajstić information content (AvgIpc) is 2.78. The highest BCUT2D eigenvalue weighted by atomic mass is 35.5. The van der Waals surface area contributed by atoms with E-state index in [1.54, 1.807) is 29.2 Å². The van der Waals surface area contributed by atoms with Crippen LogP contribution in [0.5, 0.6) is 5.75 Å². The molecular formula is C25H28ClN3O3. The van der Waals surface area contributed by atoms with Crippen LogP contribution in [-0.4, -0.2) is 28.6 Å². The number of aromatic amines is 1. The summed E-state index contributed by atoms with van der Waals surface area (Å²) in [6.07, 6.45) is 5.21. The van der Waals surface area contributed by atoms with Gasteiger partial charge in [0.25, 0.3) is 5.56 Å². The van der Waals surface area contributed by atoms with Crippen LogP contribution in [0.2, 0.25) is 5.02 Å². The molecule has 1 aliphatic rings. The minimum absolute atomic E-state index is 0.0905. The predicted octanol–water partition coefficient (Wildman–Crippen LogP) is 5.95. The molecule has 1 aromatic heterocycles. The maximum atomic E-state index is 13.3. The second kappa shape index (κ2) is 10.1. The van der Waals surface area contributed by atoms with Crippen molar-refractivity contribution in [3.05, 3.63) is 69.5 Å². The number of carbonyl (C=O) groups excluding carboxylic acids is 1. The molecule has 2 aromatic carbocycles. The first-order valence-electron chi connectivity index (χ1n) is 11.2. The van der Waals surface area contributed by atoms with Gasteiger partial charge in [-0.3, -0.25) is 4.79 Å². The summed E-state index contributed by atoms with van der Waals surface area (Å²) in [6.45, 7) is 2.74. The van der Waals surface area contributed by atoms with Gasteiger partial charge in [-0.05, 0) is 62.2 Å². The Hall–Kier alpha value is -2.99. The summed E-state index contributed by atoms with van der Waals surface area (Å²) < 4.78 is 5.60. The number of aromatic nitrogens is 1. The van der Waals surface area contributed by atoms with Crippen LogP contribution in [0, 0.1) is 0 Å². The van der Waals surface area contributed by atoms with Crippen LogP contribution in [0.4, 0.5) is 10.5 Å². The SMILES string of the molecule is CCOc1ccc2[nH]c(=O)c(CN(C(=O)Nc3cccc(Cl)c3)C3CCCCC3)cc2c1. The number of fused-ring (bicyclic) bond motifs is 1. The Kier molecular flexibility index (Phi) is 7.00. The van der Waals surface area contributed by atoms with Crippen molar-refractivity contribution in [1.82, 2.24) is 9.88 Å². The van der Waals surface area contributed by atoms with Gasteiger partial charge < -0.3 is 19.9 Å². The summed E-state index contributed by atoms with van der Waals surface area (Å²) in [5.41, 5.74) is 1.75. The van der Waals surface area contributed by atoms with Gasteiger partial charge in [0.15, 0.2) is 0 Å². The number of nitrogens with one attached hydrogen (secondary N) is 2. The van der Waals surface area contributed by atoms with Crippen molar-refractivity contribution >= 4 is 34.2 Å². The average molecular weight is 454 g/mol. The number of anilines is 1. The van der Waals surface area contributed by atoms with Crippen molar-refractivity contribution < 1.29 is 9.53 Å². The molecule has 168 valence electrons. The van der Waals surface area contributed by atoms with Crippen LogP contribution < -0.4 is 15.6 Å².